The van der Waals surface area contributed by atoms with E-state index >= 15 is 0 Å². The molecular weight excluding hydrogens is 168 g/mol. The predicted octanol–water partition coefficient (Wildman–Crippen LogP) is 1.35. The molecule has 76 valence electrons. The minimum atomic E-state index is -0.218. The van der Waals surface area contributed by atoms with Crippen LogP contribution in [0.3, 0.4) is 0 Å². The zero-order chi connectivity index (χ0) is 9.84. The maximum absolute atomic E-state index is 10.9. The fourth-order valence-electron chi connectivity index (χ4n) is 2.00. The van der Waals surface area contributed by atoms with Gasteiger partial charge in [-0.15, -0.1) is 0 Å². The van der Waals surface area contributed by atoms with Crippen molar-refractivity contribution in [1.29, 1.82) is 0 Å². The molecule has 3 nitrogen and oxygen atoms in total. The topological polar surface area (TPSA) is 46.5 Å². The molecule has 0 aliphatic heterocycles. The molecule has 1 N–H and O–H groups in total. The molecule has 0 amide bonds. The second-order valence-corrected chi connectivity index (χ2v) is 3.92. The first-order valence-electron chi connectivity index (χ1n) is 4.90. The molecule has 1 saturated carbocycles. The van der Waals surface area contributed by atoms with Gasteiger partial charge < -0.3 is 9.84 Å². The Labute approximate surface area is 79.1 Å². The Morgan fingerprint density at radius 3 is 2.69 bits per heavy atom. The first-order chi connectivity index (χ1) is 6.15. The zero-order valence-corrected chi connectivity index (χ0v) is 8.32. The van der Waals surface area contributed by atoms with E-state index in [1.807, 2.05) is 0 Å². The molecule has 3 heteroatoms. The van der Waals surface area contributed by atoms with Gasteiger partial charge in [-0.25, -0.2) is 0 Å². The molecule has 1 aliphatic rings. The van der Waals surface area contributed by atoms with Crippen molar-refractivity contribution in [2.45, 2.75) is 38.7 Å². The summed E-state index contributed by atoms with van der Waals surface area (Å²) in [6.07, 6.45) is 3.10. The predicted molar refractivity (Wildman–Crippen MR) is 49.1 cm³/mol. The number of ether oxygens (including phenoxy) is 1. The van der Waals surface area contributed by atoms with Gasteiger partial charge in [-0.2, -0.15) is 0 Å². The zero-order valence-electron chi connectivity index (χ0n) is 8.32. The van der Waals surface area contributed by atoms with Crippen molar-refractivity contribution in [2.75, 3.05) is 7.11 Å². The van der Waals surface area contributed by atoms with Crippen LogP contribution in [0.15, 0.2) is 0 Å². The van der Waals surface area contributed by atoms with E-state index in [4.69, 9.17) is 0 Å². The van der Waals surface area contributed by atoms with Crippen LogP contribution in [-0.4, -0.2) is 24.3 Å². The van der Waals surface area contributed by atoms with Crippen molar-refractivity contribution in [2.24, 2.45) is 11.8 Å². The average Bonchev–Trinajstić information content (AvgIpc) is 2.44. The van der Waals surface area contributed by atoms with Gasteiger partial charge in [-0.1, -0.05) is 6.92 Å². The molecule has 1 aliphatic carbocycles. The Bertz CT molecular complexity index is 179. The Morgan fingerprint density at radius 1 is 1.54 bits per heavy atom. The van der Waals surface area contributed by atoms with E-state index in [0.717, 1.165) is 19.3 Å². The molecule has 13 heavy (non-hydrogen) atoms. The maximum Gasteiger partial charge on any atom is 0.305 e. The number of methoxy groups -OCH3 is 1. The van der Waals surface area contributed by atoms with Crippen LogP contribution in [0.25, 0.3) is 0 Å². The summed E-state index contributed by atoms with van der Waals surface area (Å²) < 4.78 is 4.55. The Morgan fingerprint density at radius 2 is 2.23 bits per heavy atom. The van der Waals surface area contributed by atoms with Gasteiger partial charge in [0.25, 0.3) is 0 Å². The highest BCUT2D eigenvalue weighted by molar-refractivity contribution is 5.69. The van der Waals surface area contributed by atoms with Gasteiger partial charge in [0.15, 0.2) is 0 Å². The summed E-state index contributed by atoms with van der Waals surface area (Å²) in [5.41, 5.74) is 0. The van der Waals surface area contributed by atoms with E-state index in [1.165, 1.54) is 7.11 Å². The van der Waals surface area contributed by atoms with Crippen LogP contribution in [0, 0.1) is 11.8 Å². The van der Waals surface area contributed by atoms with Crippen LogP contribution in [0.5, 0.6) is 0 Å². The van der Waals surface area contributed by atoms with Crippen LogP contribution in [0.2, 0.25) is 0 Å². The number of hydrogen-bond acceptors (Lipinski definition) is 3. The molecule has 0 radical (unpaired) electrons. The molecule has 0 spiro atoms. The molecule has 1 fully saturated rings. The highest BCUT2D eigenvalue weighted by Gasteiger charge is 2.31. The molecule has 1 rings (SSSR count). The number of hydrogen-bond donors (Lipinski definition) is 1. The van der Waals surface area contributed by atoms with Crippen LogP contribution in [0.4, 0.5) is 0 Å². The lowest BCUT2D eigenvalue weighted by atomic mass is 9.97. The van der Waals surface area contributed by atoms with Crippen molar-refractivity contribution < 1.29 is 14.6 Å². The van der Waals surface area contributed by atoms with Crippen molar-refractivity contribution in [3.8, 4) is 0 Å². The third-order valence-corrected chi connectivity index (χ3v) is 3.01. The number of aliphatic hydroxyl groups is 1. The highest BCUT2D eigenvalue weighted by Crippen LogP contribution is 2.33. The molecule has 3 unspecified atom stereocenters. The van der Waals surface area contributed by atoms with Crippen molar-refractivity contribution >= 4 is 5.97 Å². The minimum absolute atomic E-state index is 0.174. The van der Waals surface area contributed by atoms with Crippen molar-refractivity contribution in [3.05, 3.63) is 0 Å². The summed E-state index contributed by atoms with van der Waals surface area (Å²) in [6.45, 7) is 2.06. The van der Waals surface area contributed by atoms with Crippen LogP contribution >= 0.6 is 0 Å². The Balaban J connectivity index is 2.26. The fourth-order valence-corrected chi connectivity index (χ4v) is 2.00. The number of carbonyl (C=O) groups is 1. The summed E-state index contributed by atoms with van der Waals surface area (Å²) in [4.78, 5) is 10.9. The largest absolute Gasteiger partial charge is 0.469 e. The molecule has 0 saturated heterocycles. The van der Waals surface area contributed by atoms with Gasteiger partial charge in [0.05, 0.1) is 13.2 Å². The fraction of sp³-hybridized carbons (Fsp3) is 0.900. The Hall–Kier alpha value is -0.570. The smallest absolute Gasteiger partial charge is 0.305 e. The second-order valence-electron chi connectivity index (χ2n) is 3.92. The summed E-state index contributed by atoms with van der Waals surface area (Å²) in [6, 6.07) is 0. The molecule has 0 aromatic heterocycles. The molecule has 0 aromatic rings. The molecule has 0 heterocycles. The number of rotatable bonds is 3. The summed E-state index contributed by atoms with van der Waals surface area (Å²) >= 11 is 0. The maximum atomic E-state index is 10.9. The molecule has 0 bridgehead atoms. The monoisotopic (exact) mass is 186 g/mol. The van der Waals surface area contributed by atoms with Crippen molar-refractivity contribution in [3.63, 3.8) is 0 Å². The van der Waals surface area contributed by atoms with E-state index in [2.05, 4.69) is 11.7 Å². The quantitative estimate of drug-likeness (QED) is 0.677. The summed E-state index contributed by atoms with van der Waals surface area (Å²) in [7, 11) is 1.40. The summed E-state index contributed by atoms with van der Waals surface area (Å²) in [5.74, 6) is 0.517. The SMILES string of the molecule is COC(=O)CCC1CCC(C)C1O. The van der Waals surface area contributed by atoms with E-state index in [1.54, 1.807) is 0 Å². The first kappa shape index (κ1) is 10.5. The van der Waals surface area contributed by atoms with Gasteiger partial charge in [0.2, 0.25) is 0 Å². The van der Waals surface area contributed by atoms with E-state index < -0.39 is 0 Å². The summed E-state index contributed by atoms with van der Waals surface area (Å²) in [5, 5.41) is 9.69. The van der Waals surface area contributed by atoms with Gasteiger partial charge in [0, 0.05) is 6.42 Å². The van der Waals surface area contributed by atoms with E-state index in [0.29, 0.717) is 18.3 Å². The van der Waals surface area contributed by atoms with Gasteiger partial charge in [0.1, 0.15) is 0 Å². The standard InChI is InChI=1S/C10H18O3/c1-7-3-4-8(10(7)12)5-6-9(11)13-2/h7-8,10,12H,3-6H2,1-2H3. The lowest BCUT2D eigenvalue weighted by Crippen LogP contribution is -2.19. The first-order valence-corrected chi connectivity index (χ1v) is 4.90. The minimum Gasteiger partial charge on any atom is -0.469 e. The highest BCUT2D eigenvalue weighted by atomic mass is 16.5. The molecule has 0 aromatic carbocycles. The van der Waals surface area contributed by atoms with Gasteiger partial charge in [-0.3, -0.25) is 4.79 Å². The van der Waals surface area contributed by atoms with Crippen LogP contribution < -0.4 is 0 Å². The lowest BCUT2D eigenvalue weighted by molar-refractivity contribution is -0.141. The normalized spacial score (nSPS) is 33.3. The van der Waals surface area contributed by atoms with Gasteiger partial charge in [-0.05, 0) is 31.1 Å². The van der Waals surface area contributed by atoms with Crippen LogP contribution in [-0.2, 0) is 9.53 Å². The number of aliphatic hydroxyl groups excluding tert-OH is 1. The van der Waals surface area contributed by atoms with Crippen molar-refractivity contribution in [1.82, 2.24) is 0 Å². The average molecular weight is 186 g/mol. The Kier molecular flexibility index (Phi) is 3.72. The molecule has 3 atom stereocenters. The van der Waals surface area contributed by atoms with E-state index in [-0.39, 0.29) is 12.1 Å². The lowest BCUT2D eigenvalue weighted by Gasteiger charge is -2.15. The third kappa shape index (κ3) is 2.69. The second kappa shape index (κ2) is 4.61. The molecular formula is C10H18O3. The third-order valence-electron chi connectivity index (χ3n) is 3.01. The number of carbonyl (C=O) groups excluding carboxylic acids is 1. The van der Waals surface area contributed by atoms with Crippen LogP contribution in [0.1, 0.15) is 32.6 Å². The van der Waals surface area contributed by atoms with Gasteiger partial charge >= 0.3 is 5.97 Å². The van der Waals surface area contributed by atoms with E-state index in [9.17, 15) is 9.90 Å². The number of esters is 1.